The Balaban J connectivity index is 2.81. The molecule has 0 fully saturated rings. The van der Waals surface area contributed by atoms with E-state index in [1.165, 1.54) is 5.56 Å². The monoisotopic (exact) mass is 170 g/mol. The Kier molecular flexibility index (Phi) is 3.11. The average Bonchev–Trinajstić information content (AvgIpc) is 2.40. The molecule has 2 nitrogen and oxygen atoms in total. The lowest BCUT2D eigenvalue weighted by Crippen LogP contribution is -2.33. The van der Waals surface area contributed by atoms with Crippen molar-refractivity contribution in [2.45, 2.75) is 6.92 Å². The first-order valence-corrected chi connectivity index (χ1v) is 4.27. The van der Waals surface area contributed by atoms with Crippen LogP contribution in [0.1, 0.15) is 5.56 Å². The maximum Gasteiger partial charge on any atom is 0.504 e. The zero-order valence-electron chi connectivity index (χ0n) is 6.96. The highest BCUT2D eigenvalue weighted by Gasteiger charge is 2.20. The molecule has 1 aromatic heterocycles. The first kappa shape index (κ1) is 8.78. The van der Waals surface area contributed by atoms with Gasteiger partial charge in [0.25, 0.3) is 0 Å². The lowest BCUT2D eigenvalue weighted by molar-refractivity contribution is 0.292. The molecule has 0 aromatic carbocycles. The summed E-state index contributed by atoms with van der Waals surface area (Å²) in [6.45, 7) is 2.05. The van der Waals surface area contributed by atoms with Crippen LogP contribution in [-0.4, -0.2) is 21.3 Å². The van der Waals surface area contributed by atoms with E-state index in [0.717, 1.165) is 4.78 Å². The predicted molar refractivity (Wildman–Crippen MR) is 48.5 cm³/mol. The molecular formula is C7H11BO2S. The molecule has 1 aromatic rings. The summed E-state index contributed by atoms with van der Waals surface area (Å²) in [5, 5.41) is 2.04. The van der Waals surface area contributed by atoms with Gasteiger partial charge >= 0.3 is 7.12 Å². The van der Waals surface area contributed by atoms with Crippen molar-refractivity contribution in [3.05, 3.63) is 17.0 Å². The van der Waals surface area contributed by atoms with Crippen molar-refractivity contribution in [1.82, 2.24) is 0 Å². The molecule has 0 bridgehead atoms. The van der Waals surface area contributed by atoms with Crippen molar-refractivity contribution in [3.8, 4) is 0 Å². The molecule has 1 heterocycles. The van der Waals surface area contributed by atoms with E-state index in [-0.39, 0.29) is 7.12 Å². The molecule has 0 aliphatic heterocycles. The number of hydrogen-bond donors (Lipinski definition) is 0. The first-order chi connectivity index (χ1) is 5.29. The van der Waals surface area contributed by atoms with Crippen LogP contribution < -0.4 is 4.78 Å². The minimum absolute atomic E-state index is 0.199. The van der Waals surface area contributed by atoms with Gasteiger partial charge in [0, 0.05) is 19.0 Å². The maximum atomic E-state index is 5.11. The number of hydrogen-bond acceptors (Lipinski definition) is 3. The van der Waals surface area contributed by atoms with E-state index in [1.54, 1.807) is 25.6 Å². The Morgan fingerprint density at radius 1 is 1.36 bits per heavy atom. The molecule has 0 atom stereocenters. The van der Waals surface area contributed by atoms with Gasteiger partial charge in [-0.2, -0.15) is 11.3 Å². The van der Waals surface area contributed by atoms with Gasteiger partial charge in [-0.1, -0.05) is 0 Å². The third-order valence-corrected chi connectivity index (χ3v) is 2.58. The maximum absolute atomic E-state index is 5.11. The molecule has 0 N–H and O–H groups in total. The summed E-state index contributed by atoms with van der Waals surface area (Å²) in [6, 6.07) is 2.06. The van der Waals surface area contributed by atoms with E-state index in [0.29, 0.717) is 0 Å². The van der Waals surface area contributed by atoms with Crippen molar-refractivity contribution in [3.63, 3.8) is 0 Å². The lowest BCUT2D eigenvalue weighted by atomic mass is 9.85. The second kappa shape index (κ2) is 3.90. The van der Waals surface area contributed by atoms with Crippen LogP contribution in [0.25, 0.3) is 0 Å². The molecule has 60 valence electrons. The second-order valence-electron chi connectivity index (χ2n) is 2.27. The van der Waals surface area contributed by atoms with E-state index in [1.807, 2.05) is 5.38 Å². The fraction of sp³-hybridized carbons (Fsp3) is 0.429. The Morgan fingerprint density at radius 3 is 2.36 bits per heavy atom. The van der Waals surface area contributed by atoms with Gasteiger partial charge in [0.1, 0.15) is 0 Å². The van der Waals surface area contributed by atoms with Gasteiger partial charge in [-0.25, -0.2) is 0 Å². The van der Waals surface area contributed by atoms with Crippen molar-refractivity contribution < 1.29 is 9.31 Å². The molecule has 0 amide bonds. The fourth-order valence-corrected chi connectivity index (χ4v) is 1.91. The van der Waals surface area contributed by atoms with Gasteiger partial charge in [-0.05, 0) is 23.9 Å². The first-order valence-electron chi connectivity index (χ1n) is 3.39. The normalized spacial score (nSPS) is 10.1. The van der Waals surface area contributed by atoms with E-state index in [2.05, 4.69) is 13.0 Å². The largest absolute Gasteiger partial charge is 0.504 e. The summed E-state index contributed by atoms with van der Waals surface area (Å²) < 4.78 is 11.4. The summed E-state index contributed by atoms with van der Waals surface area (Å²) in [6.07, 6.45) is 0. The highest BCUT2D eigenvalue weighted by molar-refractivity contribution is 7.21. The van der Waals surface area contributed by atoms with Crippen LogP contribution in [0, 0.1) is 6.92 Å². The molecule has 11 heavy (non-hydrogen) atoms. The van der Waals surface area contributed by atoms with Gasteiger partial charge in [0.05, 0.1) is 0 Å². The number of aryl methyl sites for hydroxylation is 1. The molecule has 0 aliphatic carbocycles. The van der Waals surface area contributed by atoms with Crippen molar-refractivity contribution >= 4 is 23.2 Å². The topological polar surface area (TPSA) is 18.5 Å². The van der Waals surface area contributed by atoms with E-state index in [9.17, 15) is 0 Å². The van der Waals surface area contributed by atoms with Crippen LogP contribution in [0.15, 0.2) is 11.4 Å². The van der Waals surface area contributed by atoms with Gasteiger partial charge in [-0.3, -0.25) is 0 Å². The third-order valence-electron chi connectivity index (χ3n) is 1.54. The zero-order valence-corrected chi connectivity index (χ0v) is 7.77. The summed E-state index contributed by atoms with van der Waals surface area (Å²) in [5.74, 6) is 0. The van der Waals surface area contributed by atoms with Crippen molar-refractivity contribution in [2.24, 2.45) is 0 Å². The minimum atomic E-state index is -0.199. The van der Waals surface area contributed by atoms with Gasteiger partial charge < -0.3 is 9.31 Å². The minimum Gasteiger partial charge on any atom is -0.410 e. The highest BCUT2D eigenvalue weighted by atomic mass is 32.1. The van der Waals surface area contributed by atoms with Crippen LogP contribution in [0.2, 0.25) is 0 Å². The van der Waals surface area contributed by atoms with Crippen LogP contribution >= 0.6 is 11.3 Å². The Morgan fingerprint density at radius 2 is 2.00 bits per heavy atom. The van der Waals surface area contributed by atoms with Gasteiger partial charge in [0.2, 0.25) is 0 Å². The molecule has 4 heteroatoms. The van der Waals surface area contributed by atoms with Gasteiger partial charge in [-0.15, -0.1) is 0 Å². The molecule has 1 rings (SSSR count). The zero-order chi connectivity index (χ0) is 8.27. The van der Waals surface area contributed by atoms with E-state index >= 15 is 0 Å². The third kappa shape index (κ3) is 1.83. The predicted octanol–water partition coefficient (Wildman–Crippen LogP) is 1.04. The SMILES string of the molecule is COB(OC)c1sccc1C. The van der Waals surface area contributed by atoms with Crippen molar-refractivity contribution in [2.75, 3.05) is 14.2 Å². The van der Waals surface area contributed by atoms with E-state index < -0.39 is 0 Å². The van der Waals surface area contributed by atoms with Gasteiger partial charge in [0.15, 0.2) is 0 Å². The quantitative estimate of drug-likeness (QED) is 0.631. The van der Waals surface area contributed by atoms with Crippen LogP contribution in [0.4, 0.5) is 0 Å². The van der Waals surface area contributed by atoms with Crippen LogP contribution in [-0.2, 0) is 9.31 Å². The summed E-state index contributed by atoms with van der Waals surface area (Å²) in [5.41, 5.74) is 1.23. The molecular weight excluding hydrogens is 159 g/mol. The highest BCUT2D eigenvalue weighted by Crippen LogP contribution is 2.04. The van der Waals surface area contributed by atoms with Crippen LogP contribution in [0.5, 0.6) is 0 Å². The molecule has 0 radical (unpaired) electrons. The summed E-state index contributed by atoms with van der Waals surface area (Å²) >= 11 is 1.66. The standard InChI is InChI=1S/C7H11BO2S/c1-6-4-5-11-7(6)8(9-2)10-3/h4-5H,1-3H3. The molecule has 0 aliphatic rings. The Hall–Kier alpha value is -0.315. The summed E-state index contributed by atoms with van der Waals surface area (Å²) in [7, 11) is 3.09. The average molecular weight is 170 g/mol. The Labute approximate surface area is 71.3 Å². The molecule has 0 saturated heterocycles. The van der Waals surface area contributed by atoms with Crippen molar-refractivity contribution in [1.29, 1.82) is 0 Å². The smallest absolute Gasteiger partial charge is 0.410 e. The number of thiophene rings is 1. The molecule has 0 unspecified atom stereocenters. The Bertz CT molecular complexity index is 220. The number of rotatable bonds is 3. The second-order valence-corrected chi connectivity index (χ2v) is 3.22. The van der Waals surface area contributed by atoms with E-state index in [4.69, 9.17) is 9.31 Å². The fourth-order valence-electron chi connectivity index (χ4n) is 0.936. The molecule has 0 saturated carbocycles. The lowest BCUT2D eigenvalue weighted by Gasteiger charge is -2.06. The van der Waals surface area contributed by atoms with Crippen LogP contribution in [0.3, 0.4) is 0 Å². The summed E-state index contributed by atoms with van der Waals surface area (Å²) in [4.78, 5) is 0. The molecule has 0 spiro atoms.